The lowest BCUT2D eigenvalue weighted by Crippen LogP contribution is -2.42. The van der Waals surface area contributed by atoms with Crippen LogP contribution in [0.2, 0.25) is 0 Å². The molecular weight excluding hydrogens is 230 g/mol. The van der Waals surface area contributed by atoms with Crippen molar-refractivity contribution >= 4 is 0 Å². The number of phenols is 2. The Hall–Kier alpha value is -1.26. The second kappa shape index (κ2) is 5.59. The van der Waals surface area contributed by atoms with Crippen molar-refractivity contribution in [1.82, 2.24) is 5.32 Å². The van der Waals surface area contributed by atoms with Crippen molar-refractivity contribution in [1.29, 1.82) is 0 Å². The molecule has 1 saturated heterocycles. The van der Waals surface area contributed by atoms with E-state index in [9.17, 15) is 10.2 Å². The lowest BCUT2D eigenvalue weighted by atomic mass is 9.95. The maximum atomic E-state index is 9.83. The van der Waals surface area contributed by atoms with E-state index in [0.717, 1.165) is 25.2 Å². The van der Waals surface area contributed by atoms with Gasteiger partial charge in [-0.1, -0.05) is 13.0 Å². The number of hydrogen-bond acceptors (Lipinski definition) is 4. The molecule has 3 N–H and O–H groups in total. The minimum absolute atomic E-state index is 0.0520. The molecule has 1 fully saturated rings. The number of nitrogens with one attached hydrogen (secondary N) is 1. The van der Waals surface area contributed by atoms with Gasteiger partial charge in [0.15, 0.2) is 0 Å². The van der Waals surface area contributed by atoms with E-state index in [1.807, 2.05) is 6.92 Å². The second-order valence-corrected chi connectivity index (χ2v) is 5.08. The number of aromatic hydroxyl groups is 2. The van der Waals surface area contributed by atoms with E-state index < -0.39 is 0 Å². The first-order valence-corrected chi connectivity index (χ1v) is 6.43. The highest BCUT2D eigenvalue weighted by atomic mass is 16.5. The molecule has 2 rings (SSSR count). The molecule has 100 valence electrons. The van der Waals surface area contributed by atoms with Gasteiger partial charge in [0.25, 0.3) is 0 Å². The number of benzene rings is 1. The summed E-state index contributed by atoms with van der Waals surface area (Å²) < 4.78 is 5.42. The van der Waals surface area contributed by atoms with Gasteiger partial charge in [0.05, 0.1) is 6.61 Å². The van der Waals surface area contributed by atoms with Crippen LogP contribution in [-0.4, -0.2) is 29.5 Å². The molecule has 1 aromatic carbocycles. The summed E-state index contributed by atoms with van der Waals surface area (Å²) in [7, 11) is 0. The summed E-state index contributed by atoms with van der Waals surface area (Å²) in [5, 5.41) is 22.6. The lowest BCUT2D eigenvalue weighted by Gasteiger charge is -2.32. The Morgan fingerprint density at radius 1 is 1.39 bits per heavy atom. The van der Waals surface area contributed by atoms with Crippen molar-refractivity contribution in [3.63, 3.8) is 0 Å². The molecule has 0 spiro atoms. The van der Waals surface area contributed by atoms with Crippen LogP contribution in [0.3, 0.4) is 0 Å². The summed E-state index contributed by atoms with van der Waals surface area (Å²) in [5.74, 6) is 0.693. The average molecular weight is 251 g/mol. The fourth-order valence-electron chi connectivity index (χ4n) is 2.44. The monoisotopic (exact) mass is 251 g/mol. The van der Waals surface area contributed by atoms with Gasteiger partial charge in [-0.3, -0.25) is 0 Å². The summed E-state index contributed by atoms with van der Waals surface area (Å²) in [5.41, 5.74) is 0.812. The van der Waals surface area contributed by atoms with Crippen LogP contribution in [0.1, 0.15) is 31.9 Å². The van der Waals surface area contributed by atoms with Crippen LogP contribution in [0, 0.1) is 5.92 Å². The molecule has 3 atom stereocenters. The van der Waals surface area contributed by atoms with Crippen LogP contribution in [0.25, 0.3) is 0 Å². The molecule has 0 bridgehead atoms. The third-order valence-corrected chi connectivity index (χ3v) is 3.59. The molecule has 0 amide bonds. The smallest absolute Gasteiger partial charge is 0.124 e. The summed E-state index contributed by atoms with van der Waals surface area (Å²) in [6, 6.07) is 5.19. The lowest BCUT2D eigenvalue weighted by molar-refractivity contribution is 0.0363. The number of ether oxygens (including phenoxy) is 1. The predicted molar refractivity (Wildman–Crippen MR) is 69.7 cm³/mol. The van der Waals surface area contributed by atoms with Crippen LogP contribution in [-0.2, 0) is 4.74 Å². The molecule has 18 heavy (non-hydrogen) atoms. The quantitative estimate of drug-likeness (QED) is 0.770. The molecule has 3 unspecified atom stereocenters. The molecule has 1 aliphatic rings. The maximum Gasteiger partial charge on any atom is 0.124 e. The van der Waals surface area contributed by atoms with E-state index in [2.05, 4.69) is 12.2 Å². The third kappa shape index (κ3) is 2.94. The van der Waals surface area contributed by atoms with Crippen LogP contribution in [0.5, 0.6) is 11.5 Å². The van der Waals surface area contributed by atoms with E-state index in [1.54, 1.807) is 12.1 Å². The Morgan fingerprint density at radius 2 is 2.17 bits per heavy atom. The Labute approximate surface area is 108 Å². The standard InChI is InChI=1S/C14H21NO3/c1-9-8-18-6-5-13(9)15-10(2)12-4-3-11(16)7-14(12)17/h3-4,7,9-10,13,15-17H,5-6,8H2,1-2H3. The summed E-state index contributed by atoms with van der Waals surface area (Å²) in [4.78, 5) is 0. The molecule has 0 aliphatic carbocycles. The largest absolute Gasteiger partial charge is 0.508 e. The molecule has 4 heteroatoms. The van der Waals surface area contributed by atoms with E-state index in [1.165, 1.54) is 6.07 Å². The Morgan fingerprint density at radius 3 is 2.83 bits per heavy atom. The normalized spacial score (nSPS) is 25.9. The Balaban J connectivity index is 2.04. The van der Waals surface area contributed by atoms with Crippen molar-refractivity contribution in [2.45, 2.75) is 32.4 Å². The zero-order valence-corrected chi connectivity index (χ0v) is 10.9. The molecule has 1 heterocycles. The first-order valence-electron chi connectivity index (χ1n) is 6.43. The molecule has 4 nitrogen and oxygen atoms in total. The van der Waals surface area contributed by atoms with E-state index in [0.29, 0.717) is 12.0 Å². The van der Waals surface area contributed by atoms with Gasteiger partial charge in [0, 0.05) is 30.3 Å². The van der Waals surface area contributed by atoms with Gasteiger partial charge in [-0.15, -0.1) is 0 Å². The van der Waals surface area contributed by atoms with Gasteiger partial charge in [-0.05, 0) is 25.3 Å². The molecule has 1 aliphatic heterocycles. The van der Waals surface area contributed by atoms with Crippen molar-refractivity contribution in [2.24, 2.45) is 5.92 Å². The fourth-order valence-corrected chi connectivity index (χ4v) is 2.44. The first-order chi connectivity index (χ1) is 8.58. The van der Waals surface area contributed by atoms with E-state index >= 15 is 0 Å². The minimum Gasteiger partial charge on any atom is -0.508 e. The van der Waals surface area contributed by atoms with Crippen LogP contribution in [0.4, 0.5) is 0 Å². The second-order valence-electron chi connectivity index (χ2n) is 5.08. The minimum atomic E-state index is 0.0520. The fraction of sp³-hybridized carbons (Fsp3) is 0.571. The Bertz CT molecular complexity index is 408. The van der Waals surface area contributed by atoms with Crippen molar-refractivity contribution in [3.05, 3.63) is 23.8 Å². The summed E-state index contributed by atoms with van der Waals surface area (Å²) in [6.07, 6.45) is 0.990. The highest BCUT2D eigenvalue weighted by Crippen LogP contribution is 2.29. The van der Waals surface area contributed by atoms with E-state index in [4.69, 9.17) is 4.74 Å². The van der Waals surface area contributed by atoms with Gasteiger partial charge in [-0.25, -0.2) is 0 Å². The summed E-state index contributed by atoms with van der Waals surface area (Å²) in [6.45, 7) is 5.76. The highest BCUT2D eigenvalue weighted by molar-refractivity contribution is 5.40. The molecule has 0 saturated carbocycles. The van der Waals surface area contributed by atoms with Crippen molar-refractivity contribution < 1.29 is 14.9 Å². The SMILES string of the molecule is CC(NC1CCOCC1C)c1ccc(O)cc1O. The summed E-state index contributed by atoms with van der Waals surface area (Å²) >= 11 is 0. The predicted octanol–water partition coefficient (Wildman–Crippen LogP) is 2.17. The van der Waals surface area contributed by atoms with Crippen LogP contribution in [0.15, 0.2) is 18.2 Å². The van der Waals surface area contributed by atoms with Crippen molar-refractivity contribution in [2.75, 3.05) is 13.2 Å². The molecule has 0 radical (unpaired) electrons. The zero-order chi connectivity index (χ0) is 13.1. The number of rotatable bonds is 3. The van der Waals surface area contributed by atoms with E-state index in [-0.39, 0.29) is 17.5 Å². The Kier molecular flexibility index (Phi) is 4.09. The van der Waals surface area contributed by atoms with Gasteiger partial charge in [0.1, 0.15) is 11.5 Å². The highest BCUT2D eigenvalue weighted by Gasteiger charge is 2.24. The molecule has 0 aromatic heterocycles. The van der Waals surface area contributed by atoms with Crippen LogP contribution >= 0.6 is 0 Å². The topological polar surface area (TPSA) is 61.7 Å². The molecule has 1 aromatic rings. The zero-order valence-electron chi connectivity index (χ0n) is 10.9. The van der Waals surface area contributed by atoms with Crippen molar-refractivity contribution in [3.8, 4) is 11.5 Å². The van der Waals surface area contributed by atoms with Crippen LogP contribution < -0.4 is 5.32 Å². The van der Waals surface area contributed by atoms with Gasteiger partial charge in [0.2, 0.25) is 0 Å². The van der Waals surface area contributed by atoms with Gasteiger partial charge < -0.3 is 20.3 Å². The average Bonchev–Trinajstić information content (AvgIpc) is 2.32. The van der Waals surface area contributed by atoms with Gasteiger partial charge >= 0.3 is 0 Å². The van der Waals surface area contributed by atoms with Gasteiger partial charge in [-0.2, -0.15) is 0 Å². The molecular formula is C14H21NO3. The number of hydrogen-bond donors (Lipinski definition) is 3. The number of phenolic OH excluding ortho intramolecular Hbond substituents is 2. The third-order valence-electron chi connectivity index (χ3n) is 3.59. The maximum absolute atomic E-state index is 9.83. The first kappa shape index (κ1) is 13.2.